The summed E-state index contributed by atoms with van der Waals surface area (Å²) < 4.78 is 0. The summed E-state index contributed by atoms with van der Waals surface area (Å²) in [5, 5.41) is 1.82. The molecule has 1 aromatic heterocycles. The molecule has 0 atom stereocenters. The number of anilines is 1. The van der Waals surface area contributed by atoms with Crippen LogP contribution in [0.3, 0.4) is 0 Å². The lowest BCUT2D eigenvalue weighted by atomic mass is 10.2. The smallest absolute Gasteiger partial charge is 0.175 e. The van der Waals surface area contributed by atoms with Gasteiger partial charge in [0, 0.05) is 17.0 Å². The van der Waals surface area contributed by atoms with Crippen molar-refractivity contribution in [1.82, 2.24) is 0 Å². The molecule has 1 aliphatic carbocycles. The van der Waals surface area contributed by atoms with Crippen LogP contribution >= 0.6 is 11.3 Å². The summed E-state index contributed by atoms with van der Waals surface area (Å²) in [5.74, 6) is 0.597. The number of carbonyl (C=O) groups is 1. The third-order valence-corrected chi connectivity index (χ3v) is 2.77. The molecule has 2 N–H and O–H groups in total. The first-order valence-electron chi connectivity index (χ1n) is 3.65. The number of carbonyl (C=O) groups excluding carboxylic acids is 1. The van der Waals surface area contributed by atoms with E-state index in [-0.39, 0.29) is 5.78 Å². The van der Waals surface area contributed by atoms with Gasteiger partial charge in [-0.1, -0.05) is 0 Å². The lowest BCUT2D eigenvalue weighted by Gasteiger charge is -1.89. The molecule has 0 amide bonds. The fourth-order valence-corrected chi connectivity index (χ4v) is 1.84. The van der Waals surface area contributed by atoms with E-state index in [1.807, 2.05) is 5.38 Å². The molecule has 0 unspecified atom stereocenters. The van der Waals surface area contributed by atoms with E-state index >= 15 is 0 Å². The van der Waals surface area contributed by atoms with Crippen LogP contribution in [-0.4, -0.2) is 5.78 Å². The SMILES string of the molecule is Nc1csc(C(=O)C2CC2)c1. The predicted octanol–water partition coefficient (Wildman–Crippen LogP) is 1.92. The molecule has 1 saturated carbocycles. The average molecular weight is 167 g/mol. The zero-order valence-corrected chi connectivity index (χ0v) is 6.86. The summed E-state index contributed by atoms with van der Waals surface area (Å²) in [4.78, 5) is 12.2. The van der Waals surface area contributed by atoms with Gasteiger partial charge in [-0.15, -0.1) is 11.3 Å². The second-order valence-electron chi connectivity index (χ2n) is 2.88. The quantitative estimate of drug-likeness (QED) is 0.684. The lowest BCUT2D eigenvalue weighted by molar-refractivity contribution is 0.0971. The number of rotatable bonds is 2. The van der Waals surface area contributed by atoms with Crippen molar-refractivity contribution in [2.45, 2.75) is 12.8 Å². The Kier molecular flexibility index (Phi) is 1.46. The monoisotopic (exact) mass is 167 g/mol. The number of thiophene rings is 1. The van der Waals surface area contributed by atoms with E-state index in [1.54, 1.807) is 6.07 Å². The van der Waals surface area contributed by atoms with Gasteiger partial charge >= 0.3 is 0 Å². The summed E-state index contributed by atoms with van der Waals surface area (Å²) in [7, 11) is 0. The first kappa shape index (κ1) is 6.85. The van der Waals surface area contributed by atoms with Gasteiger partial charge < -0.3 is 5.73 Å². The average Bonchev–Trinajstić information content (AvgIpc) is 2.74. The Bertz CT molecular complexity index is 288. The molecule has 1 aromatic rings. The molecule has 0 spiro atoms. The van der Waals surface area contributed by atoms with Crippen LogP contribution in [0, 0.1) is 5.92 Å². The molecule has 3 heteroatoms. The van der Waals surface area contributed by atoms with E-state index in [2.05, 4.69) is 0 Å². The van der Waals surface area contributed by atoms with Gasteiger partial charge in [0.25, 0.3) is 0 Å². The highest BCUT2D eigenvalue weighted by Gasteiger charge is 2.30. The first-order valence-corrected chi connectivity index (χ1v) is 4.53. The normalized spacial score (nSPS) is 16.7. The molecule has 0 radical (unpaired) electrons. The fraction of sp³-hybridized carbons (Fsp3) is 0.375. The van der Waals surface area contributed by atoms with Gasteiger partial charge in [-0.25, -0.2) is 0 Å². The minimum Gasteiger partial charge on any atom is -0.398 e. The summed E-state index contributed by atoms with van der Waals surface area (Å²) in [6, 6.07) is 1.77. The van der Waals surface area contributed by atoms with Crippen LogP contribution in [0.5, 0.6) is 0 Å². The zero-order chi connectivity index (χ0) is 7.84. The number of nitrogen functional groups attached to an aromatic ring is 1. The van der Waals surface area contributed by atoms with Gasteiger partial charge in [-0.05, 0) is 18.9 Å². The highest BCUT2D eigenvalue weighted by atomic mass is 32.1. The predicted molar refractivity (Wildman–Crippen MR) is 45.8 cm³/mol. The van der Waals surface area contributed by atoms with Gasteiger partial charge in [-0.2, -0.15) is 0 Å². The molecule has 11 heavy (non-hydrogen) atoms. The van der Waals surface area contributed by atoms with Crippen molar-refractivity contribution in [2.24, 2.45) is 5.92 Å². The van der Waals surface area contributed by atoms with Crippen molar-refractivity contribution in [3.05, 3.63) is 16.3 Å². The second kappa shape index (κ2) is 2.34. The molecule has 2 rings (SSSR count). The van der Waals surface area contributed by atoms with Crippen molar-refractivity contribution >= 4 is 22.8 Å². The van der Waals surface area contributed by atoms with Crippen molar-refractivity contribution in [3.63, 3.8) is 0 Å². The number of ketones is 1. The molecule has 0 saturated heterocycles. The molecule has 1 fully saturated rings. The van der Waals surface area contributed by atoms with Crippen LogP contribution in [0.4, 0.5) is 5.69 Å². The van der Waals surface area contributed by atoms with Crippen LogP contribution in [0.25, 0.3) is 0 Å². The Hall–Kier alpha value is -0.830. The first-order chi connectivity index (χ1) is 5.27. The third kappa shape index (κ3) is 1.28. The van der Waals surface area contributed by atoms with E-state index in [4.69, 9.17) is 5.73 Å². The van der Waals surface area contributed by atoms with Gasteiger partial charge in [0.15, 0.2) is 5.78 Å². The van der Waals surface area contributed by atoms with E-state index in [0.29, 0.717) is 11.6 Å². The van der Waals surface area contributed by atoms with Gasteiger partial charge in [-0.3, -0.25) is 4.79 Å². The standard InChI is InChI=1S/C8H9NOS/c9-6-3-7(11-4-6)8(10)5-1-2-5/h3-5H,1-2,9H2. The van der Waals surface area contributed by atoms with E-state index in [0.717, 1.165) is 17.7 Å². The minimum atomic E-state index is 0.284. The molecular formula is C8H9NOS. The Morgan fingerprint density at radius 2 is 2.36 bits per heavy atom. The maximum Gasteiger partial charge on any atom is 0.175 e. The number of hydrogen-bond acceptors (Lipinski definition) is 3. The van der Waals surface area contributed by atoms with Crippen molar-refractivity contribution in [2.75, 3.05) is 5.73 Å². The van der Waals surface area contributed by atoms with Crippen LogP contribution in [-0.2, 0) is 0 Å². The van der Waals surface area contributed by atoms with Gasteiger partial charge in [0.05, 0.1) is 4.88 Å². The third-order valence-electron chi connectivity index (χ3n) is 1.81. The highest BCUT2D eigenvalue weighted by Crippen LogP contribution is 2.34. The van der Waals surface area contributed by atoms with Gasteiger partial charge in [0.2, 0.25) is 0 Å². The molecule has 1 heterocycles. The summed E-state index contributed by atoms with van der Waals surface area (Å²) in [6.07, 6.45) is 2.13. The summed E-state index contributed by atoms with van der Waals surface area (Å²) in [6.45, 7) is 0. The maximum absolute atomic E-state index is 11.4. The van der Waals surface area contributed by atoms with Crippen LogP contribution in [0.1, 0.15) is 22.5 Å². The topological polar surface area (TPSA) is 43.1 Å². The Labute approximate surface area is 69.0 Å². The van der Waals surface area contributed by atoms with Crippen LogP contribution in [0.15, 0.2) is 11.4 Å². The molecule has 58 valence electrons. The van der Waals surface area contributed by atoms with E-state index < -0.39 is 0 Å². The Morgan fingerprint density at radius 1 is 1.64 bits per heavy atom. The van der Waals surface area contributed by atoms with Crippen molar-refractivity contribution in [3.8, 4) is 0 Å². The molecule has 0 bridgehead atoms. The Morgan fingerprint density at radius 3 is 2.82 bits per heavy atom. The summed E-state index contributed by atoms with van der Waals surface area (Å²) >= 11 is 1.45. The van der Waals surface area contributed by atoms with Crippen molar-refractivity contribution in [1.29, 1.82) is 0 Å². The molecule has 1 aliphatic rings. The van der Waals surface area contributed by atoms with Crippen LogP contribution in [0.2, 0.25) is 0 Å². The number of nitrogens with two attached hydrogens (primary N) is 1. The minimum absolute atomic E-state index is 0.284. The highest BCUT2D eigenvalue weighted by molar-refractivity contribution is 7.12. The molecule has 2 nitrogen and oxygen atoms in total. The fourth-order valence-electron chi connectivity index (χ4n) is 1.03. The van der Waals surface area contributed by atoms with E-state index in [1.165, 1.54) is 11.3 Å². The maximum atomic E-state index is 11.4. The molecule has 0 aliphatic heterocycles. The lowest BCUT2D eigenvalue weighted by Crippen LogP contribution is -1.97. The van der Waals surface area contributed by atoms with Crippen LogP contribution < -0.4 is 5.73 Å². The zero-order valence-electron chi connectivity index (χ0n) is 6.04. The second-order valence-corrected chi connectivity index (χ2v) is 3.79. The van der Waals surface area contributed by atoms with Crippen molar-refractivity contribution < 1.29 is 4.79 Å². The van der Waals surface area contributed by atoms with E-state index in [9.17, 15) is 4.79 Å². The molecule has 0 aromatic carbocycles. The number of Topliss-reactive ketones (excluding diaryl/α,β-unsaturated/α-hetero) is 1. The summed E-state index contributed by atoms with van der Waals surface area (Å²) in [5.41, 5.74) is 6.20. The van der Waals surface area contributed by atoms with Gasteiger partial charge in [0.1, 0.15) is 0 Å². The Balaban J connectivity index is 2.21. The molecular weight excluding hydrogens is 158 g/mol. The largest absolute Gasteiger partial charge is 0.398 e. The number of hydrogen-bond donors (Lipinski definition) is 1.